The molecule has 0 aliphatic carbocycles. The van der Waals surface area contributed by atoms with Crippen LogP contribution < -0.4 is 15.8 Å². The lowest BCUT2D eigenvalue weighted by Crippen LogP contribution is -2.34. The minimum absolute atomic E-state index is 0.0510. The van der Waals surface area contributed by atoms with E-state index in [1.807, 2.05) is 0 Å². The number of ether oxygens (including phenoxy) is 1. The molecule has 1 amide bonds. The van der Waals surface area contributed by atoms with Crippen LogP contribution in [0.1, 0.15) is 15.9 Å². The predicted molar refractivity (Wildman–Crippen MR) is 91.4 cm³/mol. The van der Waals surface area contributed by atoms with Crippen LogP contribution in [-0.4, -0.2) is 11.0 Å². The molecular weight excluding hydrogens is 362 g/mol. The highest BCUT2D eigenvalue weighted by Crippen LogP contribution is 2.35. The molecule has 0 radical (unpaired) electrons. The minimum atomic E-state index is -0.540. The predicted octanol–water partition coefficient (Wildman–Crippen LogP) is 3.68. The Labute approximate surface area is 147 Å². The lowest BCUT2D eigenvalue weighted by molar-refractivity contribution is 0.0977. The van der Waals surface area contributed by atoms with Crippen LogP contribution >= 0.6 is 35.4 Å². The molecule has 120 valence electrons. The van der Waals surface area contributed by atoms with Crippen molar-refractivity contribution in [2.24, 2.45) is 5.73 Å². The van der Waals surface area contributed by atoms with Crippen molar-refractivity contribution in [2.75, 3.05) is 0 Å². The molecule has 0 aromatic heterocycles. The van der Waals surface area contributed by atoms with E-state index in [2.05, 4.69) is 17.5 Å². The maximum atomic E-state index is 13.6. The standard InChI is InChI=1S/C15H11Cl2FN2O2S/c16-10-5-9(14(21)20-15(19)23)6-11(17)13(10)22-7-8-3-1-2-4-12(8)18/h1-6H,7H2,(H3,19,20,21,23). The maximum Gasteiger partial charge on any atom is 0.257 e. The Hall–Kier alpha value is -1.89. The summed E-state index contributed by atoms with van der Waals surface area (Å²) in [6.07, 6.45) is 0. The third-order valence-electron chi connectivity index (χ3n) is 2.83. The molecule has 2 aromatic rings. The molecule has 0 atom stereocenters. The first-order valence-electron chi connectivity index (χ1n) is 6.34. The van der Waals surface area contributed by atoms with E-state index in [1.165, 1.54) is 18.2 Å². The van der Waals surface area contributed by atoms with Gasteiger partial charge in [0.2, 0.25) is 0 Å². The van der Waals surface area contributed by atoms with Gasteiger partial charge in [0.15, 0.2) is 10.9 Å². The van der Waals surface area contributed by atoms with Gasteiger partial charge in [0, 0.05) is 11.1 Å². The van der Waals surface area contributed by atoms with Crippen molar-refractivity contribution in [2.45, 2.75) is 6.61 Å². The van der Waals surface area contributed by atoms with Crippen molar-refractivity contribution in [3.05, 3.63) is 63.4 Å². The second-order valence-corrected chi connectivity index (χ2v) is 5.72. The van der Waals surface area contributed by atoms with Crippen molar-refractivity contribution >= 4 is 46.4 Å². The Morgan fingerprint density at radius 3 is 2.43 bits per heavy atom. The molecule has 0 aliphatic rings. The largest absolute Gasteiger partial charge is 0.486 e. The molecule has 3 N–H and O–H groups in total. The number of benzene rings is 2. The normalized spacial score (nSPS) is 10.2. The summed E-state index contributed by atoms with van der Waals surface area (Å²) in [5.41, 5.74) is 5.76. The van der Waals surface area contributed by atoms with E-state index < -0.39 is 11.7 Å². The van der Waals surface area contributed by atoms with E-state index in [0.717, 1.165) is 0 Å². The monoisotopic (exact) mass is 372 g/mol. The number of thiocarbonyl (C=S) groups is 1. The van der Waals surface area contributed by atoms with Crippen LogP contribution in [-0.2, 0) is 6.61 Å². The highest BCUT2D eigenvalue weighted by atomic mass is 35.5. The van der Waals surface area contributed by atoms with Crippen LogP contribution in [0.15, 0.2) is 36.4 Å². The van der Waals surface area contributed by atoms with Crippen molar-refractivity contribution in [1.29, 1.82) is 0 Å². The van der Waals surface area contributed by atoms with E-state index >= 15 is 0 Å². The van der Waals surface area contributed by atoms with Crippen molar-refractivity contribution in [3.8, 4) is 5.75 Å². The third-order valence-corrected chi connectivity index (χ3v) is 3.49. The zero-order valence-electron chi connectivity index (χ0n) is 11.6. The van der Waals surface area contributed by atoms with Crippen molar-refractivity contribution in [1.82, 2.24) is 5.32 Å². The van der Waals surface area contributed by atoms with Gasteiger partial charge < -0.3 is 10.5 Å². The van der Waals surface area contributed by atoms with Gasteiger partial charge in [0.05, 0.1) is 10.0 Å². The summed E-state index contributed by atoms with van der Waals surface area (Å²) in [6.45, 7) is -0.0510. The Morgan fingerprint density at radius 1 is 1.26 bits per heavy atom. The van der Waals surface area contributed by atoms with Gasteiger partial charge >= 0.3 is 0 Å². The molecule has 0 saturated heterocycles. The fourth-order valence-electron chi connectivity index (χ4n) is 1.78. The highest BCUT2D eigenvalue weighted by Gasteiger charge is 2.15. The fraction of sp³-hybridized carbons (Fsp3) is 0.0667. The van der Waals surface area contributed by atoms with Crippen LogP contribution in [0.4, 0.5) is 4.39 Å². The molecule has 2 rings (SSSR count). The number of hydrogen-bond donors (Lipinski definition) is 2. The summed E-state index contributed by atoms with van der Waals surface area (Å²) in [5.74, 6) is -0.780. The van der Waals surface area contributed by atoms with Gasteiger partial charge in [-0.05, 0) is 30.4 Å². The number of halogens is 3. The molecule has 0 spiro atoms. The molecule has 0 fully saturated rings. The van der Waals surface area contributed by atoms with Crippen LogP contribution in [0.2, 0.25) is 10.0 Å². The number of nitrogens with one attached hydrogen (secondary N) is 1. The van der Waals surface area contributed by atoms with Crippen molar-refractivity contribution in [3.63, 3.8) is 0 Å². The van der Waals surface area contributed by atoms with Crippen LogP contribution in [0.5, 0.6) is 5.75 Å². The van der Waals surface area contributed by atoms with Gasteiger partial charge in [0.25, 0.3) is 5.91 Å². The second kappa shape index (κ2) is 7.59. The lowest BCUT2D eigenvalue weighted by Gasteiger charge is -2.12. The van der Waals surface area contributed by atoms with E-state index in [9.17, 15) is 9.18 Å². The van der Waals surface area contributed by atoms with Gasteiger partial charge in [-0.2, -0.15) is 0 Å². The SMILES string of the molecule is NC(=S)NC(=O)c1cc(Cl)c(OCc2ccccc2F)c(Cl)c1. The smallest absolute Gasteiger partial charge is 0.257 e. The Balaban J connectivity index is 2.19. The Bertz CT molecular complexity index is 748. The Kier molecular flexibility index (Phi) is 5.76. The van der Waals surface area contributed by atoms with E-state index in [4.69, 9.17) is 33.7 Å². The summed E-state index contributed by atoms with van der Waals surface area (Å²) >= 11 is 16.7. The number of nitrogens with two attached hydrogens (primary N) is 1. The number of hydrogen-bond acceptors (Lipinski definition) is 3. The van der Waals surface area contributed by atoms with Gasteiger partial charge in [-0.1, -0.05) is 41.4 Å². The lowest BCUT2D eigenvalue weighted by atomic mass is 10.2. The molecule has 4 nitrogen and oxygen atoms in total. The number of rotatable bonds is 4. The summed E-state index contributed by atoms with van der Waals surface area (Å²) in [6, 6.07) is 8.89. The van der Waals surface area contributed by atoms with Gasteiger partial charge in [-0.25, -0.2) is 4.39 Å². The van der Waals surface area contributed by atoms with Gasteiger partial charge in [-0.3, -0.25) is 10.1 Å². The molecule has 23 heavy (non-hydrogen) atoms. The summed E-state index contributed by atoms with van der Waals surface area (Å²) in [4.78, 5) is 11.8. The minimum Gasteiger partial charge on any atom is -0.486 e. The van der Waals surface area contributed by atoms with E-state index in [1.54, 1.807) is 18.2 Å². The summed E-state index contributed by atoms with van der Waals surface area (Å²) < 4.78 is 19.0. The molecule has 0 saturated carbocycles. The fourth-order valence-corrected chi connectivity index (χ4v) is 2.47. The summed E-state index contributed by atoms with van der Waals surface area (Å²) in [5, 5.41) is 2.32. The summed E-state index contributed by atoms with van der Waals surface area (Å²) in [7, 11) is 0. The highest BCUT2D eigenvalue weighted by molar-refractivity contribution is 7.80. The molecular formula is C15H11Cl2FN2O2S. The van der Waals surface area contributed by atoms with Gasteiger partial charge in [0.1, 0.15) is 12.4 Å². The van der Waals surface area contributed by atoms with Crippen molar-refractivity contribution < 1.29 is 13.9 Å². The number of carbonyl (C=O) groups is 1. The van der Waals surface area contributed by atoms with Crippen LogP contribution in [0.25, 0.3) is 0 Å². The van der Waals surface area contributed by atoms with Crippen LogP contribution in [0.3, 0.4) is 0 Å². The number of carbonyl (C=O) groups excluding carboxylic acids is 1. The molecule has 0 bridgehead atoms. The first-order valence-corrected chi connectivity index (χ1v) is 7.51. The van der Waals surface area contributed by atoms with Crippen LogP contribution in [0, 0.1) is 5.82 Å². The van der Waals surface area contributed by atoms with Gasteiger partial charge in [-0.15, -0.1) is 0 Å². The zero-order chi connectivity index (χ0) is 17.0. The maximum absolute atomic E-state index is 13.6. The average molecular weight is 373 g/mol. The molecule has 0 unspecified atom stereocenters. The molecule has 0 heterocycles. The quantitative estimate of drug-likeness (QED) is 0.803. The first-order chi connectivity index (χ1) is 10.9. The molecule has 0 aliphatic heterocycles. The Morgan fingerprint density at radius 2 is 1.87 bits per heavy atom. The van der Waals surface area contributed by atoms with E-state index in [0.29, 0.717) is 5.56 Å². The topological polar surface area (TPSA) is 64.3 Å². The average Bonchev–Trinajstić information content (AvgIpc) is 2.47. The number of amides is 1. The van der Waals surface area contributed by atoms with E-state index in [-0.39, 0.29) is 33.1 Å². The zero-order valence-corrected chi connectivity index (χ0v) is 13.9. The third kappa shape index (κ3) is 4.54. The molecule has 2 aromatic carbocycles. The first kappa shape index (κ1) is 17.5. The molecule has 8 heteroatoms. The second-order valence-electron chi connectivity index (χ2n) is 4.47.